The van der Waals surface area contributed by atoms with Crippen LogP contribution >= 0.6 is 0 Å². The Labute approximate surface area is 386 Å². The number of hydrogen-bond donors (Lipinski definition) is 0. The number of hydrogen-bond acceptors (Lipinski definition) is 7. The molecule has 0 aromatic carbocycles. The zero-order chi connectivity index (χ0) is 46.3. The highest BCUT2D eigenvalue weighted by Crippen LogP contribution is 2.15. The predicted octanol–water partition coefficient (Wildman–Crippen LogP) is 13.1. The number of aliphatic carboxylic acids is 1. The molecular weight excluding hydrogens is 787 g/mol. The van der Waals surface area contributed by atoms with Crippen molar-refractivity contribution in [1.82, 2.24) is 0 Å². The molecule has 8 heteroatoms. The first-order chi connectivity index (χ1) is 30.6. The van der Waals surface area contributed by atoms with Crippen molar-refractivity contribution in [2.24, 2.45) is 0 Å². The Morgan fingerprint density at radius 1 is 0.508 bits per heavy atom. The van der Waals surface area contributed by atoms with Gasteiger partial charge in [0.1, 0.15) is 12.6 Å². The van der Waals surface area contributed by atoms with Crippen LogP contribution in [0.3, 0.4) is 0 Å². The molecule has 2 unspecified atom stereocenters. The number of quaternary nitrogens is 1. The van der Waals surface area contributed by atoms with Gasteiger partial charge in [0.15, 0.2) is 6.10 Å². The summed E-state index contributed by atoms with van der Waals surface area (Å²) in [6, 6.07) is -0.734. The second-order valence-electron chi connectivity index (χ2n) is 17.8. The molecule has 0 rings (SSSR count). The quantitative estimate of drug-likeness (QED) is 0.0197. The van der Waals surface area contributed by atoms with Crippen LogP contribution in [-0.2, 0) is 28.6 Å². The summed E-state index contributed by atoms with van der Waals surface area (Å²) in [4.78, 5) is 37.0. The second-order valence-corrected chi connectivity index (χ2v) is 17.8. The standard InChI is InChI=1S/C55H93NO7/c1-6-8-10-12-14-16-18-20-22-24-26-27-28-30-32-34-36-38-40-42-44-46-54(58)63-51(49-61-48-47-52(55(59)60)56(3,4)5)50-62-53(57)45-43-41-39-37-35-33-31-29-25-23-21-19-17-15-13-11-9-7-2/h8,10-11,13-17,19,21,23,25,29,31,51-52H,6-7,9,12,18,20,22,24,26-28,30,32-50H2,1-5H3/b10-8+,13-11+,16-14+,17-15+,21-19+,25-23+,31-29+. The van der Waals surface area contributed by atoms with E-state index in [1.165, 1.54) is 83.5 Å². The molecule has 0 aliphatic heterocycles. The molecular formula is C55H93NO7. The lowest BCUT2D eigenvalue weighted by Gasteiger charge is -2.34. The highest BCUT2D eigenvalue weighted by molar-refractivity contribution is 5.70. The van der Waals surface area contributed by atoms with E-state index < -0.39 is 18.1 Å². The summed E-state index contributed by atoms with van der Waals surface area (Å²) in [5.41, 5.74) is 0. The number of allylic oxidation sites excluding steroid dienone is 14. The Morgan fingerprint density at radius 2 is 0.952 bits per heavy atom. The van der Waals surface area contributed by atoms with Gasteiger partial charge in [-0.3, -0.25) is 9.59 Å². The fourth-order valence-electron chi connectivity index (χ4n) is 7.02. The molecule has 0 spiro atoms. The minimum Gasteiger partial charge on any atom is -0.544 e. The zero-order valence-corrected chi connectivity index (χ0v) is 41.0. The minimum atomic E-state index is -1.13. The van der Waals surface area contributed by atoms with E-state index in [0.717, 1.165) is 77.0 Å². The fourth-order valence-corrected chi connectivity index (χ4v) is 7.02. The van der Waals surface area contributed by atoms with E-state index >= 15 is 0 Å². The number of likely N-dealkylation sites (N-methyl/N-ethyl adjacent to an activating group) is 1. The highest BCUT2D eigenvalue weighted by atomic mass is 16.6. The molecule has 8 nitrogen and oxygen atoms in total. The van der Waals surface area contributed by atoms with E-state index in [1.54, 1.807) is 21.1 Å². The summed E-state index contributed by atoms with van der Waals surface area (Å²) in [5, 5.41) is 11.7. The molecule has 0 aromatic rings. The van der Waals surface area contributed by atoms with Gasteiger partial charge in [0.25, 0.3) is 0 Å². The molecule has 0 saturated heterocycles. The number of nitrogens with zero attached hydrogens (tertiary/aromatic N) is 1. The van der Waals surface area contributed by atoms with Crippen LogP contribution in [0.15, 0.2) is 85.1 Å². The van der Waals surface area contributed by atoms with E-state index in [9.17, 15) is 19.5 Å². The van der Waals surface area contributed by atoms with Crippen LogP contribution in [0.1, 0.15) is 194 Å². The van der Waals surface area contributed by atoms with Crippen molar-refractivity contribution in [3.05, 3.63) is 85.1 Å². The van der Waals surface area contributed by atoms with E-state index in [2.05, 4.69) is 62.5 Å². The van der Waals surface area contributed by atoms with E-state index in [4.69, 9.17) is 14.2 Å². The van der Waals surface area contributed by atoms with Crippen molar-refractivity contribution < 1.29 is 38.2 Å². The lowest BCUT2D eigenvalue weighted by molar-refractivity contribution is -0.889. The normalized spacial score (nSPS) is 13.6. The van der Waals surface area contributed by atoms with Crippen LogP contribution in [-0.4, -0.2) is 75.5 Å². The molecule has 0 N–H and O–H groups in total. The Kier molecular flexibility index (Phi) is 42.6. The van der Waals surface area contributed by atoms with E-state index in [-0.39, 0.29) is 42.7 Å². The van der Waals surface area contributed by atoms with Gasteiger partial charge in [-0.05, 0) is 57.8 Å². The third-order valence-electron chi connectivity index (χ3n) is 10.9. The van der Waals surface area contributed by atoms with Crippen LogP contribution in [0.4, 0.5) is 0 Å². The topological polar surface area (TPSA) is 102 Å². The lowest BCUT2D eigenvalue weighted by atomic mass is 10.0. The minimum absolute atomic E-state index is 0.0284. The van der Waals surface area contributed by atoms with Gasteiger partial charge in [0.05, 0.1) is 40.3 Å². The average Bonchev–Trinajstić information content (AvgIpc) is 3.24. The van der Waals surface area contributed by atoms with Crippen LogP contribution in [0.25, 0.3) is 0 Å². The molecule has 0 saturated carbocycles. The third-order valence-corrected chi connectivity index (χ3v) is 10.9. The fraction of sp³-hybridized carbons (Fsp3) is 0.691. The molecule has 0 amide bonds. The SMILES string of the molecule is CC/C=C/C/C=C/CCCCCCCCCCCCCCCCC(=O)OC(COCCC(C(=O)[O-])[N+](C)(C)C)COC(=O)CCCCCCC/C=C/C=C/C=C/C=C/C=C/CCC. The number of carboxylic acid groups (broad SMARTS) is 1. The van der Waals surface area contributed by atoms with Crippen molar-refractivity contribution in [3.8, 4) is 0 Å². The van der Waals surface area contributed by atoms with Crippen LogP contribution < -0.4 is 5.11 Å². The van der Waals surface area contributed by atoms with Gasteiger partial charge in [0.2, 0.25) is 0 Å². The highest BCUT2D eigenvalue weighted by Gasteiger charge is 2.25. The summed E-state index contributed by atoms with van der Waals surface area (Å²) >= 11 is 0. The molecule has 0 aliphatic carbocycles. The summed E-state index contributed by atoms with van der Waals surface area (Å²) in [7, 11) is 5.40. The van der Waals surface area contributed by atoms with Gasteiger partial charge in [-0.2, -0.15) is 0 Å². The lowest BCUT2D eigenvalue weighted by Crippen LogP contribution is -2.55. The van der Waals surface area contributed by atoms with E-state index in [0.29, 0.717) is 12.8 Å². The van der Waals surface area contributed by atoms with Gasteiger partial charge in [0, 0.05) is 19.3 Å². The first-order valence-electron chi connectivity index (χ1n) is 25.2. The van der Waals surface area contributed by atoms with Gasteiger partial charge >= 0.3 is 11.9 Å². The molecule has 0 heterocycles. The summed E-state index contributed by atoms with van der Waals surface area (Å²) < 4.78 is 17.2. The summed E-state index contributed by atoms with van der Waals surface area (Å²) in [6.07, 6.45) is 58.9. The molecule has 0 aromatic heterocycles. The Bertz CT molecular complexity index is 1300. The van der Waals surface area contributed by atoms with Crippen LogP contribution in [0.5, 0.6) is 0 Å². The van der Waals surface area contributed by atoms with Crippen LogP contribution in [0.2, 0.25) is 0 Å². The maximum atomic E-state index is 12.8. The number of unbranched alkanes of at least 4 members (excludes halogenated alkanes) is 20. The molecule has 0 fully saturated rings. The van der Waals surface area contributed by atoms with Gasteiger partial charge < -0.3 is 28.6 Å². The predicted molar refractivity (Wildman–Crippen MR) is 263 cm³/mol. The van der Waals surface area contributed by atoms with Gasteiger partial charge in [-0.1, -0.05) is 202 Å². The number of ether oxygens (including phenoxy) is 3. The Hall–Kier alpha value is -3.49. The van der Waals surface area contributed by atoms with Gasteiger partial charge in [-0.15, -0.1) is 0 Å². The number of carbonyl (C=O) groups is 3. The third kappa shape index (κ3) is 43.5. The first-order valence-corrected chi connectivity index (χ1v) is 25.2. The molecule has 0 bridgehead atoms. The van der Waals surface area contributed by atoms with Gasteiger partial charge in [-0.25, -0.2) is 0 Å². The number of rotatable bonds is 44. The second kappa shape index (κ2) is 45.1. The van der Waals surface area contributed by atoms with Crippen molar-refractivity contribution in [2.75, 3.05) is 41.0 Å². The van der Waals surface area contributed by atoms with Crippen LogP contribution in [0, 0.1) is 0 Å². The number of esters is 2. The Morgan fingerprint density at radius 3 is 1.44 bits per heavy atom. The monoisotopic (exact) mass is 880 g/mol. The molecule has 63 heavy (non-hydrogen) atoms. The summed E-state index contributed by atoms with van der Waals surface area (Å²) in [6.45, 7) is 4.45. The molecule has 0 radical (unpaired) electrons. The first kappa shape index (κ1) is 59.5. The van der Waals surface area contributed by atoms with Crippen molar-refractivity contribution in [1.29, 1.82) is 0 Å². The van der Waals surface area contributed by atoms with E-state index in [1.807, 2.05) is 36.5 Å². The Balaban J connectivity index is 4.30. The molecule has 0 aliphatic rings. The largest absolute Gasteiger partial charge is 0.544 e. The van der Waals surface area contributed by atoms with Crippen molar-refractivity contribution in [2.45, 2.75) is 206 Å². The number of carbonyl (C=O) groups excluding carboxylic acids is 3. The zero-order valence-electron chi connectivity index (χ0n) is 41.0. The summed E-state index contributed by atoms with van der Waals surface area (Å²) in [5.74, 6) is -1.77. The number of carboxylic acids is 1. The maximum Gasteiger partial charge on any atom is 0.306 e. The smallest absolute Gasteiger partial charge is 0.306 e. The average molecular weight is 880 g/mol. The molecule has 2 atom stereocenters. The molecule has 360 valence electrons. The van der Waals surface area contributed by atoms with Crippen molar-refractivity contribution >= 4 is 17.9 Å². The van der Waals surface area contributed by atoms with Crippen molar-refractivity contribution in [3.63, 3.8) is 0 Å². The maximum absolute atomic E-state index is 12.8.